The predicted molar refractivity (Wildman–Crippen MR) is 68.6 cm³/mol. The zero-order valence-corrected chi connectivity index (χ0v) is 11.3. The minimum Gasteiger partial charge on any atom is -0.294 e. The number of ketones is 1. The van der Waals surface area contributed by atoms with E-state index in [1.165, 1.54) is 6.07 Å². The zero-order valence-electron chi connectivity index (χ0n) is 7.57. The van der Waals surface area contributed by atoms with Gasteiger partial charge in [-0.15, -0.1) is 0 Å². The summed E-state index contributed by atoms with van der Waals surface area (Å²) in [5.41, 5.74) is 0.0930. The number of carbonyl (C=O) groups excluding carboxylic acids is 1. The van der Waals surface area contributed by atoms with E-state index in [-0.39, 0.29) is 23.5 Å². The molecule has 0 aliphatic rings. The number of nitro groups is 1. The maximum absolute atomic E-state index is 11.7. The number of benzene rings is 1. The molecule has 0 aliphatic heterocycles. The highest BCUT2D eigenvalue weighted by Crippen LogP contribution is 2.25. The van der Waals surface area contributed by atoms with Crippen LogP contribution >= 0.6 is 38.5 Å². The van der Waals surface area contributed by atoms with Crippen LogP contribution in [0.2, 0.25) is 0 Å². The SMILES string of the molecule is O=C(CCBr)c1c(I)cccc1[N+](=O)[O-]. The first-order valence-corrected chi connectivity index (χ1v) is 6.30. The number of nitro benzene ring substituents is 1. The number of hydrogen-bond acceptors (Lipinski definition) is 3. The van der Waals surface area contributed by atoms with Gasteiger partial charge in [0.2, 0.25) is 0 Å². The molecule has 0 N–H and O–H groups in total. The Morgan fingerprint density at radius 3 is 2.73 bits per heavy atom. The normalized spacial score (nSPS) is 10.0. The van der Waals surface area contributed by atoms with Crippen LogP contribution in [0.15, 0.2) is 18.2 Å². The summed E-state index contributed by atoms with van der Waals surface area (Å²) in [7, 11) is 0. The minimum absolute atomic E-state index is 0.118. The number of carbonyl (C=O) groups is 1. The summed E-state index contributed by atoms with van der Waals surface area (Å²) in [6.07, 6.45) is 0.265. The summed E-state index contributed by atoms with van der Waals surface area (Å²) < 4.78 is 0.618. The Kier molecular flexibility index (Phi) is 4.65. The molecule has 0 aliphatic carbocycles. The van der Waals surface area contributed by atoms with E-state index in [0.717, 1.165) is 0 Å². The molecule has 6 heteroatoms. The van der Waals surface area contributed by atoms with Gasteiger partial charge in [0.25, 0.3) is 5.69 Å². The van der Waals surface area contributed by atoms with Crippen LogP contribution in [0.3, 0.4) is 0 Å². The largest absolute Gasteiger partial charge is 0.294 e. The molecule has 0 spiro atoms. The lowest BCUT2D eigenvalue weighted by Crippen LogP contribution is -2.06. The van der Waals surface area contributed by atoms with E-state index in [9.17, 15) is 14.9 Å². The summed E-state index contributed by atoms with van der Waals surface area (Å²) in [5, 5.41) is 11.2. The van der Waals surface area contributed by atoms with E-state index in [2.05, 4.69) is 15.9 Å². The topological polar surface area (TPSA) is 60.2 Å². The standard InChI is InChI=1S/C9H7BrINO3/c10-5-4-8(13)9-6(11)2-1-3-7(9)12(14)15/h1-3H,4-5H2. The lowest BCUT2D eigenvalue weighted by molar-refractivity contribution is -0.385. The van der Waals surface area contributed by atoms with Gasteiger partial charge in [0.1, 0.15) is 5.56 Å². The van der Waals surface area contributed by atoms with Gasteiger partial charge in [-0.3, -0.25) is 14.9 Å². The molecule has 4 nitrogen and oxygen atoms in total. The molecule has 0 saturated heterocycles. The van der Waals surface area contributed by atoms with Crippen LogP contribution in [0.5, 0.6) is 0 Å². The Balaban J connectivity index is 3.24. The Labute approximate surface area is 108 Å². The van der Waals surface area contributed by atoms with Gasteiger partial charge in [0, 0.05) is 21.4 Å². The second kappa shape index (κ2) is 5.55. The lowest BCUT2D eigenvalue weighted by atomic mass is 10.1. The van der Waals surface area contributed by atoms with E-state index in [0.29, 0.717) is 8.90 Å². The molecule has 0 unspecified atom stereocenters. The van der Waals surface area contributed by atoms with E-state index < -0.39 is 4.92 Å². The monoisotopic (exact) mass is 383 g/mol. The van der Waals surface area contributed by atoms with Gasteiger partial charge in [-0.2, -0.15) is 0 Å². The van der Waals surface area contributed by atoms with Crippen LogP contribution in [0, 0.1) is 13.7 Å². The van der Waals surface area contributed by atoms with Crippen molar-refractivity contribution in [2.75, 3.05) is 5.33 Å². The van der Waals surface area contributed by atoms with E-state index in [4.69, 9.17) is 0 Å². The van der Waals surface area contributed by atoms with Crippen molar-refractivity contribution in [1.29, 1.82) is 0 Å². The van der Waals surface area contributed by atoms with Crippen LogP contribution in [0.25, 0.3) is 0 Å². The zero-order chi connectivity index (χ0) is 11.4. The number of halogens is 2. The van der Waals surface area contributed by atoms with Gasteiger partial charge in [0.15, 0.2) is 5.78 Å². The summed E-state index contributed by atoms with van der Waals surface area (Å²) in [4.78, 5) is 21.8. The first-order chi connectivity index (χ1) is 7.07. The quantitative estimate of drug-likeness (QED) is 0.264. The molecular formula is C9H7BrINO3. The molecule has 0 fully saturated rings. The molecule has 0 aromatic heterocycles. The molecule has 1 rings (SSSR count). The van der Waals surface area contributed by atoms with E-state index in [1.54, 1.807) is 12.1 Å². The Morgan fingerprint density at radius 1 is 1.53 bits per heavy atom. The molecule has 0 amide bonds. The average molecular weight is 384 g/mol. The van der Waals surface area contributed by atoms with Crippen LogP contribution in [0.1, 0.15) is 16.8 Å². The van der Waals surface area contributed by atoms with Gasteiger partial charge in [-0.05, 0) is 28.7 Å². The van der Waals surface area contributed by atoms with Crippen molar-refractivity contribution in [3.8, 4) is 0 Å². The highest BCUT2D eigenvalue weighted by atomic mass is 127. The number of rotatable bonds is 4. The van der Waals surface area contributed by atoms with Crippen molar-refractivity contribution in [2.24, 2.45) is 0 Å². The fourth-order valence-electron chi connectivity index (χ4n) is 1.15. The van der Waals surface area contributed by atoms with Crippen LogP contribution in [-0.2, 0) is 0 Å². The first kappa shape index (κ1) is 12.6. The molecule has 0 saturated carbocycles. The summed E-state index contributed by atoms with van der Waals surface area (Å²) in [6, 6.07) is 4.61. The third kappa shape index (κ3) is 2.97. The van der Waals surface area contributed by atoms with Gasteiger partial charge < -0.3 is 0 Å². The van der Waals surface area contributed by atoms with Gasteiger partial charge >= 0.3 is 0 Å². The van der Waals surface area contributed by atoms with E-state index >= 15 is 0 Å². The summed E-state index contributed by atoms with van der Waals surface area (Å²) >= 11 is 5.07. The summed E-state index contributed by atoms with van der Waals surface area (Å²) in [6.45, 7) is 0. The van der Waals surface area contributed by atoms with Crippen molar-refractivity contribution in [1.82, 2.24) is 0 Å². The Bertz CT molecular complexity index is 408. The van der Waals surface area contributed by atoms with Crippen LogP contribution in [-0.4, -0.2) is 16.0 Å². The Hall–Kier alpha value is -0.500. The maximum Gasteiger partial charge on any atom is 0.281 e. The minimum atomic E-state index is -0.524. The van der Waals surface area contributed by atoms with Crippen molar-refractivity contribution in [3.05, 3.63) is 37.4 Å². The molecule has 80 valence electrons. The molecule has 0 bridgehead atoms. The summed E-state index contributed by atoms with van der Waals surface area (Å²) in [5.74, 6) is -0.205. The molecule has 0 atom stereocenters. The first-order valence-electron chi connectivity index (χ1n) is 4.10. The number of nitrogens with zero attached hydrogens (tertiary/aromatic N) is 1. The second-order valence-corrected chi connectivity index (χ2v) is 4.71. The average Bonchev–Trinajstić information content (AvgIpc) is 2.17. The lowest BCUT2D eigenvalue weighted by Gasteiger charge is -2.03. The smallest absolute Gasteiger partial charge is 0.281 e. The molecule has 0 radical (unpaired) electrons. The van der Waals surface area contributed by atoms with E-state index in [1.807, 2.05) is 22.6 Å². The predicted octanol–water partition coefficient (Wildman–Crippen LogP) is 3.17. The highest BCUT2D eigenvalue weighted by Gasteiger charge is 2.21. The van der Waals surface area contributed by atoms with Crippen LogP contribution in [0.4, 0.5) is 5.69 Å². The Morgan fingerprint density at radius 2 is 2.20 bits per heavy atom. The van der Waals surface area contributed by atoms with Crippen LogP contribution < -0.4 is 0 Å². The number of alkyl halides is 1. The number of Topliss-reactive ketones (excluding diaryl/α,β-unsaturated/α-hetero) is 1. The van der Waals surface area contributed by atoms with Gasteiger partial charge in [-0.1, -0.05) is 22.0 Å². The molecular weight excluding hydrogens is 377 g/mol. The van der Waals surface area contributed by atoms with Gasteiger partial charge in [0.05, 0.1) is 4.92 Å². The highest BCUT2D eigenvalue weighted by molar-refractivity contribution is 14.1. The van der Waals surface area contributed by atoms with Crippen molar-refractivity contribution < 1.29 is 9.72 Å². The fraction of sp³-hybridized carbons (Fsp3) is 0.222. The van der Waals surface area contributed by atoms with Crippen molar-refractivity contribution >= 4 is 50.0 Å². The third-order valence-electron chi connectivity index (χ3n) is 1.79. The maximum atomic E-state index is 11.7. The number of hydrogen-bond donors (Lipinski definition) is 0. The third-order valence-corrected chi connectivity index (χ3v) is 3.08. The second-order valence-electron chi connectivity index (χ2n) is 2.75. The molecule has 0 heterocycles. The molecule has 15 heavy (non-hydrogen) atoms. The molecule has 1 aromatic carbocycles. The molecule has 1 aromatic rings. The fourth-order valence-corrected chi connectivity index (χ4v) is 2.30. The van der Waals surface area contributed by atoms with Gasteiger partial charge in [-0.25, -0.2) is 0 Å². The van der Waals surface area contributed by atoms with Crippen molar-refractivity contribution in [3.63, 3.8) is 0 Å². The van der Waals surface area contributed by atoms with Crippen molar-refractivity contribution in [2.45, 2.75) is 6.42 Å².